The van der Waals surface area contributed by atoms with Gasteiger partial charge in [0.2, 0.25) is 5.78 Å². The summed E-state index contributed by atoms with van der Waals surface area (Å²) in [5.74, 6) is 0.940. The van der Waals surface area contributed by atoms with E-state index in [4.69, 9.17) is 4.74 Å². The van der Waals surface area contributed by atoms with Crippen LogP contribution in [0.15, 0.2) is 35.7 Å². The topological polar surface area (TPSA) is 26.3 Å². The molecule has 0 atom stereocenters. The Morgan fingerprint density at radius 3 is 2.78 bits per heavy atom. The van der Waals surface area contributed by atoms with Crippen molar-refractivity contribution in [1.82, 2.24) is 0 Å². The molecule has 0 unspecified atom stereocenters. The first kappa shape index (κ1) is 12.8. The summed E-state index contributed by atoms with van der Waals surface area (Å²) < 4.78 is 5.60. The van der Waals surface area contributed by atoms with E-state index in [0.29, 0.717) is 6.61 Å². The zero-order valence-corrected chi connectivity index (χ0v) is 11.4. The summed E-state index contributed by atoms with van der Waals surface area (Å²) in [6, 6.07) is 9.35. The highest BCUT2D eigenvalue weighted by molar-refractivity contribution is 7.12. The molecule has 0 fully saturated rings. The Labute approximate surface area is 111 Å². The molecule has 0 spiro atoms. The van der Waals surface area contributed by atoms with Crippen LogP contribution in [0.3, 0.4) is 0 Å². The van der Waals surface area contributed by atoms with Gasteiger partial charge in [-0.05, 0) is 48.6 Å². The lowest BCUT2D eigenvalue weighted by Crippen LogP contribution is -2.01. The molecular weight excluding hydrogens is 244 g/mol. The molecule has 3 heteroatoms. The van der Waals surface area contributed by atoms with Crippen LogP contribution >= 0.6 is 11.3 Å². The van der Waals surface area contributed by atoms with Crippen LogP contribution in [-0.4, -0.2) is 12.4 Å². The van der Waals surface area contributed by atoms with Crippen molar-refractivity contribution in [1.29, 1.82) is 0 Å². The van der Waals surface area contributed by atoms with Crippen molar-refractivity contribution >= 4 is 17.1 Å². The van der Waals surface area contributed by atoms with Crippen molar-refractivity contribution < 1.29 is 9.53 Å². The highest BCUT2D eigenvalue weighted by atomic mass is 32.1. The van der Waals surface area contributed by atoms with Gasteiger partial charge < -0.3 is 4.74 Å². The van der Waals surface area contributed by atoms with Gasteiger partial charge in [0.1, 0.15) is 5.75 Å². The lowest BCUT2D eigenvalue weighted by molar-refractivity contribution is 0.104. The average molecular weight is 260 g/mol. The van der Waals surface area contributed by atoms with E-state index in [2.05, 4.69) is 6.92 Å². The number of hydrogen-bond acceptors (Lipinski definition) is 3. The van der Waals surface area contributed by atoms with Gasteiger partial charge in [-0.3, -0.25) is 4.79 Å². The molecule has 2 rings (SSSR count). The fraction of sp³-hybridized carbons (Fsp3) is 0.267. The molecule has 0 saturated heterocycles. The maximum atomic E-state index is 12.2. The molecule has 2 nitrogen and oxygen atoms in total. The van der Waals surface area contributed by atoms with Crippen molar-refractivity contribution in [3.05, 3.63) is 51.7 Å². The van der Waals surface area contributed by atoms with Gasteiger partial charge >= 0.3 is 0 Å². The number of rotatable bonds is 5. The normalized spacial score (nSPS) is 10.3. The van der Waals surface area contributed by atoms with E-state index in [1.54, 1.807) is 0 Å². The van der Waals surface area contributed by atoms with Crippen molar-refractivity contribution in [2.45, 2.75) is 20.3 Å². The number of ether oxygens (including phenoxy) is 1. The minimum absolute atomic E-state index is 0.0788. The molecule has 0 aliphatic rings. The standard InChI is InChI=1S/C15H16O2S/c1-3-8-17-13-7-6-12(10-11(13)2)15(16)14-5-4-9-18-14/h4-7,9-10H,3,8H2,1-2H3. The van der Waals surface area contributed by atoms with Crippen LogP contribution in [0, 0.1) is 6.92 Å². The van der Waals surface area contributed by atoms with Crippen LogP contribution < -0.4 is 4.74 Å². The second-order valence-corrected chi connectivity index (χ2v) is 5.08. The SMILES string of the molecule is CCCOc1ccc(C(=O)c2cccs2)cc1C. The van der Waals surface area contributed by atoms with Gasteiger partial charge in [-0.1, -0.05) is 13.0 Å². The van der Waals surface area contributed by atoms with Crippen LogP contribution in [-0.2, 0) is 0 Å². The van der Waals surface area contributed by atoms with Crippen molar-refractivity contribution in [3.63, 3.8) is 0 Å². The Bertz CT molecular complexity index is 529. The average Bonchev–Trinajstić information content (AvgIpc) is 2.90. The number of hydrogen-bond donors (Lipinski definition) is 0. The minimum atomic E-state index is 0.0788. The van der Waals surface area contributed by atoms with E-state index in [1.807, 2.05) is 42.6 Å². The van der Waals surface area contributed by atoms with Gasteiger partial charge in [-0.15, -0.1) is 11.3 Å². The highest BCUT2D eigenvalue weighted by Gasteiger charge is 2.11. The summed E-state index contributed by atoms with van der Waals surface area (Å²) in [6.07, 6.45) is 0.981. The van der Waals surface area contributed by atoms with E-state index < -0.39 is 0 Å². The molecule has 0 amide bonds. The maximum Gasteiger partial charge on any atom is 0.202 e. The monoisotopic (exact) mass is 260 g/mol. The third kappa shape index (κ3) is 2.79. The summed E-state index contributed by atoms with van der Waals surface area (Å²) in [5, 5.41) is 1.92. The molecule has 94 valence electrons. The predicted octanol–water partition coefficient (Wildman–Crippen LogP) is 4.08. The Balaban J connectivity index is 2.21. The van der Waals surface area contributed by atoms with Gasteiger partial charge in [-0.25, -0.2) is 0 Å². The summed E-state index contributed by atoms with van der Waals surface area (Å²) in [6.45, 7) is 4.75. The molecule has 1 aromatic heterocycles. The van der Waals surface area contributed by atoms with Gasteiger partial charge in [0.05, 0.1) is 11.5 Å². The fourth-order valence-corrected chi connectivity index (χ4v) is 2.40. The Kier molecular flexibility index (Phi) is 4.15. The zero-order chi connectivity index (χ0) is 13.0. The van der Waals surface area contributed by atoms with Crippen LogP contribution in [0.1, 0.15) is 34.1 Å². The van der Waals surface area contributed by atoms with Gasteiger partial charge in [0.25, 0.3) is 0 Å². The molecule has 0 aliphatic heterocycles. The number of carbonyl (C=O) groups excluding carboxylic acids is 1. The smallest absolute Gasteiger partial charge is 0.202 e. The van der Waals surface area contributed by atoms with E-state index in [1.165, 1.54) is 11.3 Å². The predicted molar refractivity (Wildman–Crippen MR) is 74.7 cm³/mol. The third-order valence-electron chi connectivity index (χ3n) is 2.64. The zero-order valence-electron chi connectivity index (χ0n) is 10.6. The maximum absolute atomic E-state index is 12.2. The fourth-order valence-electron chi connectivity index (χ4n) is 1.71. The number of benzene rings is 1. The Hall–Kier alpha value is -1.61. The summed E-state index contributed by atoms with van der Waals surface area (Å²) >= 11 is 1.47. The van der Waals surface area contributed by atoms with Crippen LogP contribution in [0.25, 0.3) is 0 Å². The van der Waals surface area contributed by atoms with Crippen LogP contribution in [0.2, 0.25) is 0 Å². The van der Waals surface area contributed by atoms with Crippen LogP contribution in [0.5, 0.6) is 5.75 Å². The van der Waals surface area contributed by atoms with Gasteiger partial charge in [0, 0.05) is 5.56 Å². The van der Waals surface area contributed by atoms with Crippen LogP contribution in [0.4, 0.5) is 0 Å². The molecule has 0 saturated carbocycles. The molecule has 18 heavy (non-hydrogen) atoms. The lowest BCUT2D eigenvalue weighted by Gasteiger charge is -2.09. The molecule has 0 aliphatic carbocycles. The molecule has 2 aromatic rings. The minimum Gasteiger partial charge on any atom is -0.493 e. The van der Waals surface area contributed by atoms with Crippen molar-refractivity contribution in [2.24, 2.45) is 0 Å². The second-order valence-electron chi connectivity index (χ2n) is 4.14. The molecule has 0 N–H and O–H groups in total. The van der Waals surface area contributed by atoms with E-state index in [-0.39, 0.29) is 5.78 Å². The summed E-state index contributed by atoms with van der Waals surface area (Å²) in [7, 11) is 0. The third-order valence-corrected chi connectivity index (χ3v) is 3.51. The summed E-state index contributed by atoms with van der Waals surface area (Å²) in [4.78, 5) is 12.9. The van der Waals surface area contributed by atoms with Crippen molar-refractivity contribution in [3.8, 4) is 5.75 Å². The largest absolute Gasteiger partial charge is 0.493 e. The number of carbonyl (C=O) groups is 1. The highest BCUT2D eigenvalue weighted by Crippen LogP contribution is 2.22. The Morgan fingerprint density at radius 1 is 1.33 bits per heavy atom. The second kappa shape index (κ2) is 5.83. The summed E-state index contributed by atoms with van der Waals surface area (Å²) in [5.41, 5.74) is 1.73. The number of thiophene rings is 1. The lowest BCUT2D eigenvalue weighted by atomic mass is 10.1. The molecule has 1 aromatic carbocycles. The Morgan fingerprint density at radius 2 is 2.17 bits per heavy atom. The van der Waals surface area contributed by atoms with Crippen molar-refractivity contribution in [2.75, 3.05) is 6.61 Å². The number of aryl methyl sites for hydroxylation is 1. The van der Waals surface area contributed by atoms with E-state index in [0.717, 1.165) is 28.2 Å². The number of ketones is 1. The van der Waals surface area contributed by atoms with Gasteiger partial charge in [0.15, 0.2) is 0 Å². The first-order valence-corrected chi connectivity index (χ1v) is 6.92. The first-order valence-electron chi connectivity index (χ1n) is 6.04. The molecule has 1 heterocycles. The molecular formula is C15H16O2S. The van der Waals surface area contributed by atoms with E-state index in [9.17, 15) is 4.79 Å². The van der Waals surface area contributed by atoms with Gasteiger partial charge in [-0.2, -0.15) is 0 Å². The van der Waals surface area contributed by atoms with E-state index >= 15 is 0 Å². The molecule has 0 bridgehead atoms. The quantitative estimate of drug-likeness (QED) is 0.757. The molecule has 0 radical (unpaired) electrons. The first-order chi connectivity index (χ1) is 8.72.